The van der Waals surface area contributed by atoms with Gasteiger partial charge >= 0.3 is 5.65 Å². The minimum atomic E-state index is -0.535. The van der Waals surface area contributed by atoms with Crippen LogP contribution >= 0.6 is 0 Å². The lowest BCUT2D eigenvalue weighted by Crippen LogP contribution is -2.33. The Morgan fingerprint density at radius 1 is 1.15 bits per heavy atom. The van der Waals surface area contributed by atoms with E-state index in [-0.39, 0.29) is 16.9 Å². The number of rotatable bonds is 4. The van der Waals surface area contributed by atoms with Crippen LogP contribution in [0.3, 0.4) is 0 Å². The number of hydrogen-bond donors (Lipinski definition) is 4. The van der Waals surface area contributed by atoms with Gasteiger partial charge in [0.15, 0.2) is 11.4 Å². The summed E-state index contributed by atoms with van der Waals surface area (Å²) in [7, 11) is 0. The molecule has 1 saturated heterocycles. The Labute approximate surface area is 231 Å². The molecule has 0 radical (unpaired) electrons. The maximum atomic E-state index is 14.2. The highest BCUT2D eigenvalue weighted by molar-refractivity contribution is 6.03. The number of benzene rings is 2. The lowest BCUT2D eigenvalue weighted by molar-refractivity contribution is -0.577. The Bertz CT molecular complexity index is 1840. The second-order valence-corrected chi connectivity index (χ2v) is 10.0. The maximum Gasteiger partial charge on any atom is 0.362 e. The van der Waals surface area contributed by atoms with Crippen molar-refractivity contribution in [2.24, 2.45) is 5.92 Å². The summed E-state index contributed by atoms with van der Waals surface area (Å²) >= 11 is 0. The second kappa shape index (κ2) is 10.7. The van der Waals surface area contributed by atoms with Crippen LogP contribution in [0.5, 0.6) is 0 Å². The number of piperidine rings is 1. The molecule has 1 aliphatic rings. The van der Waals surface area contributed by atoms with E-state index in [4.69, 9.17) is 5.73 Å². The third-order valence-electron chi connectivity index (χ3n) is 7.34. The number of para-hydroxylation sites is 1. The molecule has 1 atom stereocenters. The predicted molar refractivity (Wildman–Crippen MR) is 154 cm³/mol. The molecule has 0 aliphatic carbocycles. The van der Waals surface area contributed by atoms with Gasteiger partial charge in [-0.15, -0.1) is 4.52 Å². The van der Waals surface area contributed by atoms with Gasteiger partial charge in [0.2, 0.25) is 0 Å². The van der Waals surface area contributed by atoms with E-state index in [0.717, 1.165) is 31.3 Å². The molecule has 2 aromatic carbocycles. The third-order valence-corrected chi connectivity index (χ3v) is 7.34. The molecule has 1 unspecified atom stereocenters. The lowest BCUT2D eigenvalue weighted by atomic mass is 9.97. The van der Waals surface area contributed by atoms with Crippen molar-refractivity contribution in [1.29, 1.82) is 0 Å². The molecule has 0 saturated carbocycles. The number of nitrogens with zero attached hydrogens (tertiary/aromatic N) is 3. The zero-order chi connectivity index (χ0) is 27.6. The van der Waals surface area contributed by atoms with E-state index < -0.39 is 11.9 Å². The first-order valence-corrected chi connectivity index (χ1v) is 13.4. The van der Waals surface area contributed by atoms with Crippen LogP contribution in [0.4, 0.5) is 5.82 Å². The summed E-state index contributed by atoms with van der Waals surface area (Å²) in [4.78, 5) is 31.9. The summed E-state index contributed by atoms with van der Waals surface area (Å²) in [6.07, 6.45) is 5.34. The zero-order valence-corrected chi connectivity index (χ0v) is 22.1. The van der Waals surface area contributed by atoms with E-state index in [0.29, 0.717) is 33.9 Å². The second-order valence-electron chi connectivity index (χ2n) is 10.0. The van der Waals surface area contributed by atoms with Crippen molar-refractivity contribution in [3.05, 3.63) is 100 Å². The van der Waals surface area contributed by atoms with Crippen LogP contribution < -0.4 is 26.4 Å². The highest BCUT2D eigenvalue weighted by atomic mass is 16.2. The topological polar surface area (TPSA) is 122 Å². The Morgan fingerprint density at radius 3 is 2.75 bits per heavy atom. The number of aromatic nitrogens is 4. The smallest absolute Gasteiger partial charge is 0.362 e. The van der Waals surface area contributed by atoms with Gasteiger partial charge in [-0.25, -0.2) is 5.10 Å². The van der Waals surface area contributed by atoms with Crippen LogP contribution in [0.25, 0.3) is 22.1 Å². The van der Waals surface area contributed by atoms with Gasteiger partial charge in [-0.05, 0) is 67.5 Å². The van der Waals surface area contributed by atoms with Crippen LogP contribution in [0.15, 0.2) is 77.9 Å². The van der Waals surface area contributed by atoms with Gasteiger partial charge in [0.1, 0.15) is 12.4 Å². The third kappa shape index (κ3) is 4.70. The van der Waals surface area contributed by atoms with Crippen LogP contribution in [-0.2, 0) is 0 Å². The first kappa shape index (κ1) is 25.3. The van der Waals surface area contributed by atoms with Gasteiger partial charge < -0.3 is 16.4 Å². The van der Waals surface area contributed by atoms with E-state index >= 15 is 0 Å². The normalized spacial score (nSPS) is 14.5. The molecule has 200 valence electrons. The van der Waals surface area contributed by atoms with Crippen LogP contribution in [0, 0.1) is 17.8 Å². The number of nitrogens with two attached hydrogens (primary N) is 1. The van der Waals surface area contributed by atoms with Crippen molar-refractivity contribution in [2.75, 3.05) is 18.8 Å². The molecule has 9 nitrogen and oxygen atoms in total. The fraction of sp³-hybridized carbons (Fsp3) is 0.226. The van der Waals surface area contributed by atoms with Crippen molar-refractivity contribution >= 4 is 28.1 Å². The summed E-state index contributed by atoms with van der Waals surface area (Å²) in [5.74, 6) is 6.84. The van der Waals surface area contributed by atoms with Gasteiger partial charge in [0.05, 0.1) is 11.4 Å². The molecule has 0 spiro atoms. The molecular formula is C31H30N7O2+. The van der Waals surface area contributed by atoms with E-state index in [1.165, 1.54) is 0 Å². The van der Waals surface area contributed by atoms with E-state index in [2.05, 4.69) is 32.6 Å². The summed E-state index contributed by atoms with van der Waals surface area (Å²) in [5.41, 5.74) is 8.68. The highest BCUT2D eigenvalue weighted by Crippen LogP contribution is 2.24. The molecule has 5 aromatic rings. The summed E-state index contributed by atoms with van der Waals surface area (Å²) in [6, 6.07) is 18.3. The monoisotopic (exact) mass is 532 g/mol. The molecule has 1 amide bonds. The number of carbonyl (C=O) groups is 1. The Morgan fingerprint density at radius 2 is 1.95 bits per heavy atom. The summed E-state index contributed by atoms with van der Waals surface area (Å²) < 4.78 is 3.26. The predicted octanol–water partition coefficient (Wildman–Crippen LogP) is 2.88. The zero-order valence-electron chi connectivity index (χ0n) is 22.1. The van der Waals surface area contributed by atoms with E-state index in [1.807, 2.05) is 61.5 Å². The number of carbonyl (C=O) groups excluding carboxylic acids is 1. The van der Waals surface area contributed by atoms with Gasteiger partial charge in [0.25, 0.3) is 11.5 Å². The Balaban J connectivity index is 1.45. The maximum absolute atomic E-state index is 14.2. The Kier molecular flexibility index (Phi) is 6.76. The lowest BCUT2D eigenvalue weighted by Gasteiger charge is -2.21. The SMILES string of the molecule is CC(NC(=O)c1c(N)[nH][n+]2cccnc12)c1cc2cccc(C#CC3CCNCC3)c2c(=O)n1-c1ccccc1. The average molecular weight is 533 g/mol. The largest absolute Gasteiger partial charge is 0.382 e. The number of aromatic amines is 1. The average Bonchev–Trinajstić information content (AvgIpc) is 3.32. The molecule has 9 heteroatoms. The van der Waals surface area contributed by atoms with Crippen LogP contribution in [0.1, 0.15) is 47.4 Å². The van der Waals surface area contributed by atoms with Crippen molar-refractivity contribution in [2.45, 2.75) is 25.8 Å². The molecule has 1 aliphatic heterocycles. The van der Waals surface area contributed by atoms with Crippen molar-refractivity contribution in [1.82, 2.24) is 25.3 Å². The van der Waals surface area contributed by atoms with Crippen molar-refractivity contribution in [3.8, 4) is 17.5 Å². The molecule has 5 N–H and O–H groups in total. The molecule has 6 rings (SSSR count). The number of pyridine rings is 1. The van der Waals surface area contributed by atoms with Crippen molar-refractivity contribution < 1.29 is 9.31 Å². The number of amides is 1. The first-order valence-electron chi connectivity index (χ1n) is 13.4. The molecule has 4 heterocycles. The van der Waals surface area contributed by atoms with E-state index in [9.17, 15) is 9.59 Å². The highest BCUT2D eigenvalue weighted by Gasteiger charge is 2.27. The van der Waals surface area contributed by atoms with E-state index in [1.54, 1.807) is 27.5 Å². The minimum Gasteiger partial charge on any atom is -0.382 e. The van der Waals surface area contributed by atoms with Crippen molar-refractivity contribution in [3.63, 3.8) is 0 Å². The quantitative estimate of drug-likeness (QED) is 0.210. The van der Waals surface area contributed by atoms with Gasteiger partial charge in [-0.1, -0.05) is 42.2 Å². The number of hydrogen-bond acceptors (Lipinski definition) is 5. The summed E-state index contributed by atoms with van der Waals surface area (Å²) in [6.45, 7) is 3.77. The molecule has 1 fully saturated rings. The first-order chi connectivity index (χ1) is 19.5. The summed E-state index contributed by atoms with van der Waals surface area (Å²) in [5, 5.41) is 10.7. The van der Waals surface area contributed by atoms with Crippen LogP contribution in [0.2, 0.25) is 0 Å². The minimum absolute atomic E-state index is 0.182. The standard InChI is InChI=1S/C31H29N7O2/c1-20(35-30(39)27-28(32)36-37-18-6-15-34-29(27)37)25-19-23-8-5-7-22(12-11-21-13-16-33-17-14-21)26(23)31(40)38(25)24-9-3-2-4-10-24/h2-10,15,18-21,33H,13-14,16-17H2,1H3,(H3,32,35,36,39)/p+1. The number of H-pyrrole nitrogens is 1. The molecule has 40 heavy (non-hydrogen) atoms. The number of nitrogens with one attached hydrogen (secondary N) is 3. The van der Waals surface area contributed by atoms with Crippen LogP contribution in [-0.4, -0.2) is 33.6 Å². The molecular weight excluding hydrogens is 502 g/mol. The Hall–Kier alpha value is -4.94. The number of nitrogen functional groups attached to an aromatic ring is 1. The van der Waals surface area contributed by atoms with Gasteiger partial charge in [-0.3, -0.25) is 14.2 Å². The fourth-order valence-corrected chi connectivity index (χ4v) is 5.31. The molecule has 0 bridgehead atoms. The fourth-order valence-electron chi connectivity index (χ4n) is 5.31. The van der Waals surface area contributed by atoms with Gasteiger partial charge in [0, 0.05) is 28.9 Å². The van der Waals surface area contributed by atoms with Gasteiger partial charge in [-0.2, -0.15) is 0 Å². The number of fused-ring (bicyclic) bond motifs is 2. The molecule has 3 aromatic heterocycles. The number of anilines is 1.